The molecule has 1 heterocycles. The van der Waals surface area contributed by atoms with Crippen molar-refractivity contribution in [2.75, 3.05) is 6.67 Å². The summed E-state index contributed by atoms with van der Waals surface area (Å²) in [5.41, 5.74) is 1.04. The number of nitrogens with zero attached hydrogens (tertiary/aromatic N) is 2. The van der Waals surface area contributed by atoms with Gasteiger partial charge in [-0.15, -0.1) is 0 Å². The molecule has 0 aromatic heterocycles. The zero-order valence-electron chi connectivity index (χ0n) is 9.68. The van der Waals surface area contributed by atoms with Gasteiger partial charge in [-0.25, -0.2) is 0 Å². The topological polar surface area (TPSA) is 24.7 Å². The van der Waals surface area contributed by atoms with Gasteiger partial charge in [0.2, 0.25) is 0 Å². The minimum Gasteiger partial charge on any atom is -0.268 e. The van der Waals surface area contributed by atoms with E-state index in [-0.39, 0.29) is 0 Å². The molecule has 2 nitrogen and oxygen atoms in total. The molecule has 0 bridgehead atoms. The van der Waals surface area contributed by atoms with Crippen LogP contribution in [0.1, 0.15) is 48.5 Å². The lowest BCUT2D eigenvalue weighted by Gasteiger charge is -1.69. The molecule has 0 amide bonds. The first kappa shape index (κ1) is 17.4. The second kappa shape index (κ2) is 22.4. The van der Waals surface area contributed by atoms with Gasteiger partial charge in [0.25, 0.3) is 0 Å². The molecule has 0 N–H and O–H groups in total. The summed E-state index contributed by atoms with van der Waals surface area (Å²) >= 11 is 0. The smallest absolute Gasteiger partial charge is 0.129 e. The van der Waals surface area contributed by atoms with E-state index < -0.39 is 0 Å². The third-order valence-corrected chi connectivity index (χ3v) is 0.680. The summed E-state index contributed by atoms with van der Waals surface area (Å²) in [5, 5.41) is 0. The molecule has 12 heavy (non-hydrogen) atoms. The van der Waals surface area contributed by atoms with Crippen LogP contribution in [0.2, 0.25) is 0 Å². The van der Waals surface area contributed by atoms with Gasteiger partial charge in [0.1, 0.15) is 6.67 Å². The fourth-order valence-corrected chi connectivity index (χ4v) is 0.366. The highest BCUT2D eigenvalue weighted by Crippen LogP contribution is 1.83. The molecule has 0 saturated heterocycles. The molecular weight excluding hydrogens is 148 g/mol. The van der Waals surface area contributed by atoms with Gasteiger partial charge in [-0.05, 0) is 6.92 Å². The van der Waals surface area contributed by atoms with E-state index in [1.807, 2.05) is 48.5 Å². The van der Waals surface area contributed by atoms with E-state index in [0.29, 0.717) is 6.67 Å². The van der Waals surface area contributed by atoms with E-state index in [0.717, 1.165) is 5.71 Å². The van der Waals surface area contributed by atoms with Crippen LogP contribution in [-0.2, 0) is 0 Å². The van der Waals surface area contributed by atoms with Crippen LogP contribution < -0.4 is 0 Å². The summed E-state index contributed by atoms with van der Waals surface area (Å²) in [5.74, 6) is 0. The van der Waals surface area contributed by atoms with Gasteiger partial charge in [-0.1, -0.05) is 41.5 Å². The molecule has 1 aliphatic rings. The highest BCUT2D eigenvalue weighted by molar-refractivity contribution is 6.30. The van der Waals surface area contributed by atoms with Crippen LogP contribution in [0.5, 0.6) is 0 Å². The van der Waals surface area contributed by atoms with Gasteiger partial charge in [0, 0.05) is 6.21 Å². The van der Waals surface area contributed by atoms with Crippen molar-refractivity contribution in [2.24, 2.45) is 9.98 Å². The second-order valence-electron chi connectivity index (χ2n) is 1.25. The Balaban J connectivity index is -0.000000117. The van der Waals surface area contributed by atoms with Crippen LogP contribution in [0.25, 0.3) is 0 Å². The van der Waals surface area contributed by atoms with Crippen LogP contribution in [0, 0.1) is 0 Å². The first-order chi connectivity index (χ1) is 5.89. The molecule has 0 radical (unpaired) electrons. The molecule has 2 heteroatoms. The molecule has 0 unspecified atom stereocenters. The van der Waals surface area contributed by atoms with Crippen LogP contribution in [0.4, 0.5) is 0 Å². The van der Waals surface area contributed by atoms with E-state index in [1.54, 1.807) is 6.21 Å². The van der Waals surface area contributed by atoms with E-state index in [4.69, 9.17) is 0 Å². The third kappa shape index (κ3) is 16.2. The van der Waals surface area contributed by atoms with Gasteiger partial charge in [-0.2, -0.15) is 0 Å². The monoisotopic (exact) mass is 172 g/mol. The van der Waals surface area contributed by atoms with Crippen molar-refractivity contribution in [1.82, 2.24) is 0 Å². The van der Waals surface area contributed by atoms with Crippen molar-refractivity contribution < 1.29 is 0 Å². The maximum Gasteiger partial charge on any atom is 0.129 e. The molecular formula is C10H24N2. The predicted molar refractivity (Wildman–Crippen MR) is 60.5 cm³/mol. The SMILES string of the molecule is CC.CC.CC.CC1=NCN=C1. The summed E-state index contributed by atoms with van der Waals surface area (Å²) in [6.07, 6.45) is 1.78. The molecule has 1 rings (SSSR count). The Labute approximate surface area is 77.8 Å². The van der Waals surface area contributed by atoms with Gasteiger partial charge in [0.15, 0.2) is 0 Å². The van der Waals surface area contributed by atoms with Crippen LogP contribution in [-0.4, -0.2) is 18.6 Å². The summed E-state index contributed by atoms with van der Waals surface area (Å²) in [6, 6.07) is 0. The Morgan fingerprint density at radius 1 is 1.00 bits per heavy atom. The summed E-state index contributed by atoms with van der Waals surface area (Å²) in [4.78, 5) is 7.77. The van der Waals surface area contributed by atoms with Crippen LogP contribution in [0.3, 0.4) is 0 Å². The fraction of sp³-hybridized carbons (Fsp3) is 0.800. The summed E-state index contributed by atoms with van der Waals surface area (Å²) in [6.45, 7) is 14.6. The van der Waals surface area contributed by atoms with Crippen molar-refractivity contribution in [3.63, 3.8) is 0 Å². The predicted octanol–water partition coefficient (Wildman–Crippen LogP) is 3.57. The Morgan fingerprint density at radius 3 is 1.50 bits per heavy atom. The second-order valence-corrected chi connectivity index (χ2v) is 1.25. The van der Waals surface area contributed by atoms with Gasteiger partial charge >= 0.3 is 0 Å². The molecule has 74 valence electrons. The van der Waals surface area contributed by atoms with E-state index in [9.17, 15) is 0 Å². The van der Waals surface area contributed by atoms with Crippen LogP contribution in [0.15, 0.2) is 9.98 Å². The summed E-state index contributed by atoms with van der Waals surface area (Å²) in [7, 11) is 0. The number of rotatable bonds is 0. The minimum atomic E-state index is 0.645. The Kier molecular flexibility index (Phi) is 32.6. The first-order valence-corrected chi connectivity index (χ1v) is 4.90. The van der Waals surface area contributed by atoms with Crippen molar-refractivity contribution in [3.05, 3.63) is 0 Å². The van der Waals surface area contributed by atoms with Gasteiger partial charge in [0.05, 0.1) is 5.71 Å². The lowest BCUT2D eigenvalue weighted by Crippen LogP contribution is -1.82. The Morgan fingerprint density at radius 2 is 1.42 bits per heavy atom. The lowest BCUT2D eigenvalue weighted by atomic mass is 10.5. The van der Waals surface area contributed by atoms with Gasteiger partial charge < -0.3 is 0 Å². The highest BCUT2D eigenvalue weighted by Gasteiger charge is 1.86. The first-order valence-electron chi connectivity index (χ1n) is 4.90. The molecule has 0 saturated carbocycles. The third-order valence-electron chi connectivity index (χ3n) is 0.680. The molecule has 0 spiro atoms. The zero-order valence-corrected chi connectivity index (χ0v) is 9.68. The minimum absolute atomic E-state index is 0.645. The standard InChI is InChI=1S/C4H6N2.3C2H6/c1-4-2-5-3-6-4;3*1-2/h2H,3H2,1H3;3*1-2H3. The Bertz CT molecular complexity index is 102. The highest BCUT2D eigenvalue weighted by atomic mass is 15.0. The molecule has 0 atom stereocenters. The maximum atomic E-state index is 3.93. The van der Waals surface area contributed by atoms with Crippen molar-refractivity contribution >= 4 is 11.9 Å². The Hall–Kier alpha value is -0.660. The summed E-state index contributed by atoms with van der Waals surface area (Å²) < 4.78 is 0. The number of aliphatic imine (C=N–C) groups is 2. The normalized spacial score (nSPS) is 10.8. The molecule has 0 aromatic carbocycles. The van der Waals surface area contributed by atoms with Crippen molar-refractivity contribution in [1.29, 1.82) is 0 Å². The largest absolute Gasteiger partial charge is 0.268 e. The molecule has 0 fully saturated rings. The lowest BCUT2D eigenvalue weighted by molar-refractivity contribution is 1.10. The van der Waals surface area contributed by atoms with Crippen LogP contribution >= 0.6 is 0 Å². The van der Waals surface area contributed by atoms with Crippen molar-refractivity contribution in [3.8, 4) is 0 Å². The quantitative estimate of drug-likeness (QED) is 0.533. The van der Waals surface area contributed by atoms with E-state index in [2.05, 4.69) is 9.98 Å². The van der Waals surface area contributed by atoms with E-state index >= 15 is 0 Å². The average Bonchev–Trinajstić information content (AvgIpc) is 2.66. The number of hydrogen-bond donors (Lipinski definition) is 0. The zero-order chi connectivity index (χ0) is 10.4. The average molecular weight is 172 g/mol. The van der Waals surface area contributed by atoms with Gasteiger partial charge in [-0.3, -0.25) is 9.98 Å². The molecule has 0 aromatic rings. The number of hydrogen-bond acceptors (Lipinski definition) is 2. The van der Waals surface area contributed by atoms with E-state index in [1.165, 1.54) is 0 Å². The maximum absolute atomic E-state index is 3.93. The fourth-order valence-electron chi connectivity index (χ4n) is 0.366. The molecule has 0 aliphatic carbocycles. The molecule has 1 aliphatic heterocycles. The van der Waals surface area contributed by atoms with Crippen molar-refractivity contribution in [2.45, 2.75) is 48.5 Å².